The molecule has 0 atom stereocenters. The van der Waals surface area contributed by atoms with Gasteiger partial charge in [-0.15, -0.1) is 0 Å². The predicted molar refractivity (Wildman–Crippen MR) is 81.3 cm³/mol. The van der Waals surface area contributed by atoms with Gasteiger partial charge in [0.15, 0.2) is 0 Å². The maximum absolute atomic E-state index is 12.6. The van der Waals surface area contributed by atoms with Crippen molar-refractivity contribution in [3.63, 3.8) is 0 Å². The fourth-order valence-electron chi connectivity index (χ4n) is 1.83. The van der Waals surface area contributed by atoms with Gasteiger partial charge in [0, 0.05) is 26.0 Å². The molecule has 0 aliphatic heterocycles. The number of carbonyl (C=O) groups is 1. The van der Waals surface area contributed by atoms with E-state index in [1.54, 1.807) is 24.5 Å². The third kappa shape index (κ3) is 3.44. The average Bonchev–Trinajstić information content (AvgIpc) is 2.48. The number of hydrogen-bond donors (Lipinski definition) is 1. The van der Waals surface area contributed by atoms with Crippen molar-refractivity contribution < 1.29 is 18.3 Å². The van der Waals surface area contributed by atoms with Crippen LogP contribution in [0.1, 0.15) is 15.9 Å². The Morgan fingerprint density at radius 1 is 1.27 bits per heavy atom. The molecular weight excluding hydrogens is 328 g/mol. The van der Waals surface area contributed by atoms with Gasteiger partial charge in [-0.2, -0.15) is 4.31 Å². The number of aromatic nitrogens is 1. The minimum absolute atomic E-state index is 0.0217. The first-order valence-electron chi connectivity index (χ1n) is 6.20. The largest absolute Gasteiger partial charge is 0.478 e. The Morgan fingerprint density at radius 2 is 1.91 bits per heavy atom. The Labute approximate surface area is 133 Å². The van der Waals surface area contributed by atoms with E-state index in [1.165, 1.54) is 19.2 Å². The lowest BCUT2D eigenvalue weighted by atomic mass is 10.2. The number of carboxylic acid groups (broad SMARTS) is 1. The van der Waals surface area contributed by atoms with Gasteiger partial charge in [-0.25, -0.2) is 13.2 Å². The highest BCUT2D eigenvalue weighted by molar-refractivity contribution is 7.89. The molecule has 0 aliphatic carbocycles. The van der Waals surface area contributed by atoms with Crippen LogP contribution in [0.2, 0.25) is 5.02 Å². The molecule has 0 saturated heterocycles. The van der Waals surface area contributed by atoms with Crippen LogP contribution in [-0.4, -0.2) is 35.8 Å². The van der Waals surface area contributed by atoms with Crippen LogP contribution in [-0.2, 0) is 16.6 Å². The molecule has 1 N–H and O–H groups in total. The average molecular weight is 341 g/mol. The van der Waals surface area contributed by atoms with Gasteiger partial charge in [0.05, 0.1) is 10.6 Å². The van der Waals surface area contributed by atoms with Crippen molar-refractivity contribution in [2.75, 3.05) is 7.05 Å². The standard InChI is InChI=1S/C14H13ClN2O4S/c1-17(9-10-4-6-16-7-5-10)22(20,21)13-8-11(14(18)19)2-3-12(13)15/h2-8H,9H2,1H3,(H,18,19). The molecule has 0 unspecified atom stereocenters. The van der Waals surface area contributed by atoms with Gasteiger partial charge in [0.1, 0.15) is 4.90 Å². The molecule has 0 radical (unpaired) electrons. The van der Waals surface area contributed by atoms with E-state index < -0.39 is 16.0 Å². The lowest BCUT2D eigenvalue weighted by Gasteiger charge is -2.18. The highest BCUT2D eigenvalue weighted by atomic mass is 35.5. The highest BCUT2D eigenvalue weighted by Crippen LogP contribution is 2.26. The molecule has 1 aromatic carbocycles. The van der Waals surface area contributed by atoms with E-state index in [1.807, 2.05) is 0 Å². The smallest absolute Gasteiger partial charge is 0.335 e. The molecule has 1 aromatic heterocycles. The topological polar surface area (TPSA) is 87.6 Å². The van der Waals surface area contributed by atoms with Crippen molar-refractivity contribution in [3.8, 4) is 0 Å². The molecule has 0 aliphatic rings. The van der Waals surface area contributed by atoms with E-state index >= 15 is 0 Å². The van der Waals surface area contributed by atoms with Crippen LogP contribution in [0.5, 0.6) is 0 Å². The molecule has 2 aromatic rings. The van der Waals surface area contributed by atoms with E-state index in [0.717, 1.165) is 15.9 Å². The van der Waals surface area contributed by atoms with Crippen molar-refractivity contribution in [1.82, 2.24) is 9.29 Å². The minimum atomic E-state index is -3.91. The Bertz CT molecular complexity index is 794. The summed E-state index contributed by atoms with van der Waals surface area (Å²) in [4.78, 5) is 14.6. The molecule has 1 heterocycles. The zero-order valence-electron chi connectivity index (χ0n) is 11.6. The monoisotopic (exact) mass is 340 g/mol. The number of benzene rings is 1. The normalized spacial score (nSPS) is 11.6. The summed E-state index contributed by atoms with van der Waals surface area (Å²) in [5.74, 6) is -1.22. The second-order valence-electron chi connectivity index (χ2n) is 4.57. The second-order valence-corrected chi connectivity index (χ2v) is 6.99. The van der Waals surface area contributed by atoms with E-state index in [4.69, 9.17) is 16.7 Å². The maximum Gasteiger partial charge on any atom is 0.335 e. The summed E-state index contributed by atoms with van der Waals surface area (Å²) in [7, 11) is -2.50. The van der Waals surface area contributed by atoms with Gasteiger partial charge in [0.25, 0.3) is 0 Å². The Morgan fingerprint density at radius 3 is 2.50 bits per heavy atom. The predicted octanol–water partition coefficient (Wildman–Crippen LogP) is 2.25. The van der Waals surface area contributed by atoms with Crippen molar-refractivity contribution in [3.05, 3.63) is 58.9 Å². The number of carboxylic acids is 1. The lowest BCUT2D eigenvalue weighted by Crippen LogP contribution is -2.27. The summed E-state index contributed by atoms with van der Waals surface area (Å²) in [6, 6.07) is 6.97. The summed E-state index contributed by atoms with van der Waals surface area (Å²) in [5.41, 5.74) is 0.617. The van der Waals surface area contributed by atoms with Gasteiger partial charge in [0.2, 0.25) is 10.0 Å². The van der Waals surface area contributed by atoms with Gasteiger partial charge in [-0.1, -0.05) is 11.6 Å². The molecule has 2 rings (SSSR count). The summed E-state index contributed by atoms with van der Waals surface area (Å²) in [6.45, 7) is 0.123. The van der Waals surface area contributed by atoms with Crippen molar-refractivity contribution >= 4 is 27.6 Å². The van der Waals surface area contributed by atoms with Crippen molar-refractivity contribution in [2.45, 2.75) is 11.4 Å². The fraction of sp³-hybridized carbons (Fsp3) is 0.143. The Kier molecular flexibility index (Phi) is 4.80. The van der Waals surface area contributed by atoms with Crippen LogP contribution in [0.15, 0.2) is 47.6 Å². The number of aromatic carboxylic acids is 1. The van der Waals surface area contributed by atoms with E-state index in [2.05, 4.69) is 4.98 Å². The third-order valence-corrected chi connectivity index (χ3v) is 5.31. The summed E-state index contributed by atoms with van der Waals surface area (Å²) < 4.78 is 26.2. The zero-order chi connectivity index (χ0) is 16.3. The quantitative estimate of drug-likeness (QED) is 0.902. The number of halogens is 1. The van der Waals surface area contributed by atoms with Gasteiger partial charge in [-0.05, 0) is 35.9 Å². The lowest BCUT2D eigenvalue weighted by molar-refractivity contribution is 0.0696. The van der Waals surface area contributed by atoms with Crippen LogP contribution in [0.3, 0.4) is 0 Å². The minimum Gasteiger partial charge on any atom is -0.478 e. The number of nitrogens with zero attached hydrogens (tertiary/aromatic N) is 2. The number of hydrogen-bond acceptors (Lipinski definition) is 4. The number of pyridine rings is 1. The summed E-state index contributed by atoms with van der Waals surface area (Å²) in [6.07, 6.45) is 3.13. The van der Waals surface area contributed by atoms with Crippen molar-refractivity contribution in [1.29, 1.82) is 0 Å². The molecule has 0 bridgehead atoms. The molecule has 0 spiro atoms. The highest BCUT2D eigenvalue weighted by Gasteiger charge is 2.25. The van der Waals surface area contributed by atoms with Crippen molar-refractivity contribution in [2.24, 2.45) is 0 Å². The van der Waals surface area contributed by atoms with Crippen LogP contribution < -0.4 is 0 Å². The van der Waals surface area contributed by atoms with E-state index in [9.17, 15) is 13.2 Å². The molecular formula is C14H13ClN2O4S. The molecule has 0 saturated carbocycles. The van der Waals surface area contributed by atoms with Crippen LogP contribution in [0, 0.1) is 0 Å². The maximum atomic E-state index is 12.6. The van der Waals surface area contributed by atoms with Crippen LogP contribution in [0.25, 0.3) is 0 Å². The molecule has 8 heteroatoms. The summed E-state index contributed by atoms with van der Waals surface area (Å²) in [5, 5.41) is 8.96. The molecule has 116 valence electrons. The molecule has 22 heavy (non-hydrogen) atoms. The second kappa shape index (κ2) is 6.43. The molecule has 0 fully saturated rings. The first-order chi connectivity index (χ1) is 10.3. The zero-order valence-corrected chi connectivity index (χ0v) is 13.2. The van der Waals surface area contributed by atoms with E-state index in [0.29, 0.717) is 0 Å². The van der Waals surface area contributed by atoms with Gasteiger partial charge < -0.3 is 5.11 Å². The fourth-order valence-corrected chi connectivity index (χ4v) is 3.49. The van der Waals surface area contributed by atoms with Gasteiger partial charge in [-0.3, -0.25) is 4.98 Å². The Hall–Kier alpha value is -1.96. The molecule has 6 nitrogen and oxygen atoms in total. The number of sulfonamides is 1. The SMILES string of the molecule is CN(Cc1ccncc1)S(=O)(=O)c1cc(C(=O)O)ccc1Cl. The summed E-state index contributed by atoms with van der Waals surface area (Å²) >= 11 is 5.92. The van der Waals surface area contributed by atoms with Gasteiger partial charge >= 0.3 is 5.97 Å². The van der Waals surface area contributed by atoms with Crippen LogP contribution in [0.4, 0.5) is 0 Å². The molecule has 0 amide bonds. The van der Waals surface area contributed by atoms with Crippen LogP contribution >= 0.6 is 11.6 Å². The third-order valence-electron chi connectivity index (χ3n) is 3.02. The number of rotatable bonds is 5. The Balaban J connectivity index is 2.37. The first-order valence-corrected chi connectivity index (χ1v) is 8.02. The van der Waals surface area contributed by atoms with E-state index in [-0.39, 0.29) is 22.0 Å². The first kappa shape index (κ1) is 16.4.